The minimum atomic E-state index is 0.209. The monoisotopic (exact) mass is 175 g/mol. The van der Waals surface area contributed by atoms with Crippen LogP contribution in [0.2, 0.25) is 0 Å². The standard InChI is InChI=1S/C9H13N.C3H4/c1-2-9(10)8-6-4-3-5-7-8;1-3-2/h3-7,9H,2,10H2,1H3;1-2H2. The van der Waals surface area contributed by atoms with Crippen molar-refractivity contribution in [3.8, 4) is 0 Å². The highest BCUT2D eigenvalue weighted by Gasteiger charge is 1.99. The molecule has 1 rings (SSSR count). The minimum Gasteiger partial charge on any atom is -0.324 e. The Morgan fingerprint density at radius 2 is 1.77 bits per heavy atom. The molecule has 1 nitrogen and oxygen atoms in total. The molecule has 1 aromatic carbocycles. The van der Waals surface area contributed by atoms with Gasteiger partial charge in [0.05, 0.1) is 0 Å². The quantitative estimate of drug-likeness (QED) is 0.687. The fourth-order valence-corrected chi connectivity index (χ4v) is 0.936. The Hall–Kier alpha value is -1.30. The maximum Gasteiger partial charge on any atom is 0.0292 e. The van der Waals surface area contributed by atoms with Gasteiger partial charge in [-0.05, 0) is 12.0 Å². The maximum absolute atomic E-state index is 5.79. The van der Waals surface area contributed by atoms with E-state index >= 15 is 0 Å². The highest BCUT2D eigenvalue weighted by atomic mass is 14.6. The number of rotatable bonds is 2. The lowest BCUT2D eigenvalue weighted by Gasteiger charge is -2.06. The van der Waals surface area contributed by atoms with Crippen molar-refractivity contribution < 1.29 is 0 Å². The minimum absolute atomic E-state index is 0.209. The molecule has 0 heterocycles. The van der Waals surface area contributed by atoms with Crippen LogP contribution in [0.25, 0.3) is 0 Å². The van der Waals surface area contributed by atoms with Crippen molar-refractivity contribution in [2.24, 2.45) is 5.73 Å². The van der Waals surface area contributed by atoms with Gasteiger partial charge in [-0.1, -0.05) is 50.4 Å². The average molecular weight is 175 g/mol. The van der Waals surface area contributed by atoms with Gasteiger partial charge in [0.2, 0.25) is 0 Å². The second kappa shape index (κ2) is 7.35. The van der Waals surface area contributed by atoms with Crippen LogP contribution in [0.5, 0.6) is 0 Å². The third-order valence-electron chi connectivity index (χ3n) is 1.67. The van der Waals surface area contributed by atoms with Gasteiger partial charge in [0.15, 0.2) is 0 Å². The van der Waals surface area contributed by atoms with Gasteiger partial charge in [0.25, 0.3) is 0 Å². The van der Waals surface area contributed by atoms with Crippen molar-refractivity contribution in [3.05, 3.63) is 54.8 Å². The number of benzene rings is 1. The summed E-state index contributed by atoms with van der Waals surface area (Å²) < 4.78 is 0. The Morgan fingerprint density at radius 3 is 2.15 bits per heavy atom. The van der Waals surface area contributed by atoms with Crippen molar-refractivity contribution in [2.45, 2.75) is 19.4 Å². The first-order chi connectivity index (χ1) is 6.26. The number of nitrogens with two attached hydrogens (primary N) is 1. The van der Waals surface area contributed by atoms with Crippen LogP contribution in [0, 0.1) is 0 Å². The molecule has 0 fully saturated rings. The van der Waals surface area contributed by atoms with Crippen LogP contribution >= 0.6 is 0 Å². The molecule has 1 heteroatoms. The third-order valence-corrected chi connectivity index (χ3v) is 1.67. The molecule has 0 radical (unpaired) electrons. The molecular weight excluding hydrogens is 158 g/mol. The summed E-state index contributed by atoms with van der Waals surface area (Å²) in [4.78, 5) is 0. The first-order valence-corrected chi connectivity index (χ1v) is 4.36. The van der Waals surface area contributed by atoms with Crippen molar-refractivity contribution >= 4 is 0 Å². The Bertz CT molecular complexity index is 245. The van der Waals surface area contributed by atoms with Gasteiger partial charge in [0.1, 0.15) is 0 Å². The van der Waals surface area contributed by atoms with Crippen molar-refractivity contribution in [2.75, 3.05) is 0 Å². The molecule has 0 saturated carbocycles. The molecule has 0 aromatic heterocycles. The van der Waals surface area contributed by atoms with Crippen molar-refractivity contribution in [1.29, 1.82) is 0 Å². The molecule has 2 N–H and O–H groups in total. The zero-order valence-corrected chi connectivity index (χ0v) is 8.16. The average Bonchev–Trinajstić information content (AvgIpc) is 2.19. The van der Waals surface area contributed by atoms with E-state index in [1.807, 2.05) is 18.2 Å². The summed E-state index contributed by atoms with van der Waals surface area (Å²) in [5.41, 5.74) is 9.27. The van der Waals surface area contributed by atoms with Crippen LogP contribution < -0.4 is 5.73 Å². The van der Waals surface area contributed by atoms with E-state index in [1.165, 1.54) is 5.56 Å². The molecule has 0 aliphatic heterocycles. The second-order valence-electron chi connectivity index (χ2n) is 2.68. The molecule has 0 aliphatic carbocycles. The number of hydrogen-bond donors (Lipinski definition) is 1. The first kappa shape index (κ1) is 11.7. The summed E-state index contributed by atoms with van der Waals surface area (Å²) >= 11 is 0. The maximum atomic E-state index is 5.79. The van der Waals surface area contributed by atoms with Gasteiger partial charge >= 0.3 is 0 Å². The van der Waals surface area contributed by atoms with Crippen LogP contribution in [0.4, 0.5) is 0 Å². The van der Waals surface area contributed by atoms with Gasteiger partial charge in [-0.25, -0.2) is 0 Å². The van der Waals surface area contributed by atoms with E-state index in [1.54, 1.807) is 0 Å². The molecule has 0 saturated heterocycles. The molecule has 0 spiro atoms. The van der Waals surface area contributed by atoms with Crippen molar-refractivity contribution in [1.82, 2.24) is 0 Å². The highest BCUT2D eigenvalue weighted by Crippen LogP contribution is 2.11. The summed E-state index contributed by atoms with van der Waals surface area (Å²) in [6.07, 6.45) is 1.00. The van der Waals surface area contributed by atoms with E-state index in [0.717, 1.165) is 6.42 Å². The molecule has 0 amide bonds. The van der Waals surface area contributed by atoms with Crippen molar-refractivity contribution in [3.63, 3.8) is 0 Å². The second-order valence-corrected chi connectivity index (χ2v) is 2.68. The van der Waals surface area contributed by atoms with E-state index in [2.05, 4.69) is 37.9 Å². The van der Waals surface area contributed by atoms with Gasteiger partial charge in [-0.15, -0.1) is 5.73 Å². The molecule has 1 unspecified atom stereocenters. The van der Waals surface area contributed by atoms with E-state index in [9.17, 15) is 0 Å². The lowest BCUT2D eigenvalue weighted by Crippen LogP contribution is -2.07. The van der Waals surface area contributed by atoms with E-state index in [4.69, 9.17) is 5.73 Å². The smallest absolute Gasteiger partial charge is 0.0292 e. The van der Waals surface area contributed by atoms with Gasteiger partial charge in [-0.3, -0.25) is 0 Å². The fraction of sp³-hybridized carbons (Fsp3) is 0.250. The molecule has 13 heavy (non-hydrogen) atoms. The Kier molecular flexibility index (Phi) is 6.62. The molecule has 1 atom stereocenters. The first-order valence-electron chi connectivity index (χ1n) is 4.36. The van der Waals surface area contributed by atoms with E-state index in [-0.39, 0.29) is 6.04 Å². The molecule has 70 valence electrons. The lowest BCUT2D eigenvalue weighted by atomic mass is 10.1. The van der Waals surface area contributed by atoms with Crippen LogP contribution in [-0.2, 0) is 0 Å². The van der Waals surface area contributed by atoms with Gasteiger partial charge in [-0.2, -0.15) is 0 Å². The summed E-state index contributed by atoms with van der Waals surface area (Å²) in [5.74, 6) is 0. The van der Waals surface area contributed by atoms with Gasteiger partial charge in [0, 0.05) is 6.04 Å². The normalized spacial score (nSPS) is 10.6. The fourth-order valence-electron chi connectivity index (χ4n) is 0.936. The molecule has 0 bridgehead atoms. The SMILES string of the molecule is C=C=C.CCC(N)c1ccccc1. The largest absolute Gasteiger partial charge is 0.324 e. The summed E-state index contributed by atoms with van der Waals surface area (Å²) in [5, 5.41) is 0. The lowest BCUT2D eigenvalue weighted by molar-refractivity contribution is 0.699. The predicted molar refractivity (Wildman–Crippen MR) is 58.4 cm³/mol. The molecule has 1 aromatic rings. The Morgan fingerprint density at radius 1 is 1.31 bits per heavy atom. The Labute approximate surface area is 80.6 Å². The van der Waals surface area contributed by atoms with Crippen LogP contribution in [-0.4, -0.2) is 0 Å². The molecule has 0 aliphatic rings. The topological polar surface area (TPSA) is 26.0 Å². The highest BCUT2D eigenvalue weighted by molar-refractivity contribution is 5.17. The van der Waals surface area contributed by atoms with Crippen LogP contribution in [0.3, 0.4) is 0 Å². The summed E-state index contributed by atoms with van der Waals surface area (Å²) in [6, 6.07) is 10.4. The van der Waals surface area contributed by atoms with Gasteiger partial charge < -0.3 is 5.73 Å². The Balaban J connectivity index is 0.000000424. The number of hydrogen-bond acceptors (Lipinski definition) is 1. The van der Waals surface area contributed by atoms with E-state index in [0.29, 0.717) is 0 Å². The zero-order chi connectivity index (χ0) is 10.1. The van der Waals surface area contributed by atoms with Crippen LogP contribution in [0.15, 0.2) is 49.2 Å². The summed E-state index contributed by atoms with van der Waals surface area (Å²) in [6.45, 7) is 8.34. The summed E-state index contributed by atoms with van der Waals surface area (Å²) in [7, 11) is 0. The van der Waals surface area contributed by atoms with E-state index < -0.39 is 0 Å². The zero-order valence-electron chi connectivity index (χ0n) is 8.16. The van der Waals surface area contributed by atoms with Crippen LogP contribution in [0.1, 0.15) is 24.9 Å². The molecular formula is C12H17N. The third kappa shape index (κ3) is 5.02. The predicted octanol–water partition coefficient (Wildman–Crippen LogP) is 3.05.